The zero-order valence-electron chi connectivity index (χ0n) is 11.5. The zero-order valence-corrected chi connectivity index (χ0v) is 11.5. The number of anilines is 3. The summed E-state index contributed by atoms with van der Waals surface area (Å²) in [4.78, 5) is 0. The maximum Gasteiger partial charge on any atom is 0.0414 e. The normalized spacial score (nSPS) is 10.4. The fourth-order valence-electron chi connectivity index (χ4n) is 2.07. The molecule has 0 amide bonds. The van der Waals surface area contributed by atoms with Crippen LogP contribution in [0.4, 0.5) is 17.1 Å². The van der Waals surface area contributed by atoms with Crippen LogP contribution in [0.25, 0.3) is 0 Å². The molecule has 3 N–H and O–H groups in total. The predicted octanol–water partition coefficient (Wildman–Crippen LogP) is 4.25. The summed E-state index contributed by atoms with van der Waals surface area (Å²) >= 11 is 0. The standard InChI is InChI=1S/C16H20N2/c1-10-5-6-16(12(3)7-10)18-14-8-11(2)13(4)15(17)9-14/h5-9,18H,17H2,1-4H3. The van der Waals surface area contributed by atoms with E-state index in [1.807, 2.05) is 13.0 Å². The molecule has 2 rings (SSSR count). The van der Waals surface area contributed by atoms with Crippen LogP contribution in [0, 0.1) is 27.7 Å². The molecule has 0 aliphatic carbocycles. The van der Waals surface area contributed by atoms with Crippen molar-refractivity contribution in [2.45, 2.75) is 27.7 Å². The number of hydrogen-bond acceptors (Lipinski definition) is 2. The summed E-state index contributed by atoms with van der Waals surface area (Å²) in [5.41, 5.74) is 13.9. The minimum atomic E-state index is 0.835. The lowest BCUT2D eigenvalue weighted by Crippen LogP contribution is -1.98. The largest absolute Gasteiger partial charge is 0.398 e. The van der Waals surface area contributed by atoms with Gasteiger partial charge in [-0.15, -0.1) is 0 Å². The third kappa shape index (κ3) is 2.48. The number of nitrogens with one attached hydrogen (secondary N) is 1. The fraction of sp³-hybridized carbons (Fsp3) is 0.250. The molecule has 0 aliphatic rings. The van der Waals surface area contributed by atoms with E-state index in [2.05, 4.69) is 50.4 Å². The van der Waals surface area contributed by atoms with Crippen molar-refractivity contribution in [2.75, 3.05) is 11.1 Å². The second kappa shape index (κ2) is 4.73. The molecule has 0 heterocycles. The molecule has 2 aromatic rings. The second-order valence-electron chi connectivity index (χ2n) is 4.95. The van der Waals surface area contributed by atoms with Gasteiger partial charge < -0.3 is 11.1 Å². The monoisotopic (exact) mass is 240 g/mol. The molecule has 0 fully saturated rings. The second-order valence-corrected chi connectivity index (χ2v) is 4.95. The van der Waals surface area contributed by atoms with E-state index in [4.69, 9.17) is 5.73 Å². The minimum absolute atomic E-state index is 0.835. The third-order valence-corrected chi connectivity index (χ3v) is 3.37. The Morgan fingerprint density at radius 1 is 0.889 bits per heavy atom. The van der Waals surface area contributed by atoms with E-state index in [1.54, 1.807) is 0 Å². The highest BCUT2D eigenvalue weighted by Gasteiger charge is 2.03. The lowest BCUT2D eigenvalue weighted by Gasteiger charge is -2.13. The molecule has 2 aromatic carbocycles. The van der Waals surface area contributed by atoms with Gasteiger partial charge in [0.15, 0.2) is 0 Å². The van der Waals surface area contributed by atoms with Crippen LogP contribution in [-0.2, 0) is 0 Å². The van der Waals surface area contributed by atoms with Crippen molar-refractivity contribution in [3.8, 4) is 0 Å². The molecule has 0 bridgehead atoms. The number of aryl methyl sites for hydroxylation is 3. The molecule has 0 saturated carbocycles. The summed E-state index contributed by atoms with van der Waals surface area (Å²) in [6.07, 6.45) is 0. The Kier molecular flexibility index (Phi) is 3.28. The first kappa shape index (κ1) is 12.5. The van der Waals surface area contributed by atoms with Gasteiger partial charge in [0.25, 0.3) is 0 Å². The smallest absolute Gasteiger partial charge is 0.0414 e. The average molecular weight is 240 g/mol. The molecular formula is C16H20N2. The van der Waals surface area contributed by atoms with Gasteiger partial charge >= 0.3 is 0 Å². The summed E-state index contributed by atoms with van der Waals surface area (Å²) in [7, 11) is 0. The first-order valence-electron chi connectivity index (χ1n) is 6.18. The number of nitrogen functional groups attached to an aromatic ring is 1. The van der Waals surface area contributed by atoms with Crippen LogP contribution in [0.2, 0.25) is 0 Å². The molecular weight excluding hydrogens is 220 g/mol. The van der Waals surface area contributed by atoms with Crippen LogP contribution in [0.3, 0.4) is 0 Å². The van der Waals surface area contributed by atoms with Gasteiger partial charge in [0.1, 0.15) is 0 Å². The van der Waals surface area contributed by atoms with E-state index in [1.165, 1.54) is 16.7 Å². The van der Waals surface area contributed by atoms with Gasteiger partial charge in [-0.2, -0.15) is 0 Å². The molecule has 94 valence electrons. The molecule has 0 spiro atoms. The Labute approximate surface area is 109 Å². The summed E-state index contributed by atoms with van der Waals surface area (Å²) in [5.74, 6) is 0. The molecule has 0 saturated heterocycles. The van der Waals surface area contributed by atoms with Crippen LogP contribution in [0.15, 0.2) is 30.3 Å². The van der Waals surface area contributed by atoms with Crippen LogP contribution in [0.5, 0.6) is 0 Å². The molecule has 0 unspecified atom stereocenters. The van der Waals surface area contributed by atoms with Crippen molar-refractivity contribution < 1.29 is 0 Å². The Hall–Kier alpha value is -1.96. The van der Waals surface area contributed by atoms with Crippen molar-refractivity contribution in [2.24, 2.45) is 0 Å². The molecule has 2 heteroatoms. The van der Waals surface area contributed by atoms with Gasteiger partial charge in [-0.3, -0.25) is 0 Å². The molecule has 2 nitrogen and oxygen atoms in total. The van der Waals surface area contributed by atoms with Crippen molar-refractivity contribution in [1.29, 1.82) is 0 Å². The first-order chi connectivity index (χ1) is 8.47. The van der Waals surface area contributed by atoms with Crippen molar-refractivity contribution in [1.82, 2.24) is 0 Å². The van der Waals surface area contributed by atoms with E-state index in [0.717, 1.165) is 22.6 Å². The molecule has 0 atom stereocenters. The highest BCUT2D eigenvalue weighted by Crippen LogP contribution is 2.26. The van der Waals surface area contributed by atoms with Gasteiger partial charge in [0.05, 0.1) is 0 Å². The Bertz CT molecular complexity index is 563. The molecule has 18 heavy (non-hydrogen) atoms. The summed E-state index contributed by atoms with van der Waals surface area (Å²) < 4.78 is 0. The minimum Gasteiger partial charge on any atom is -0.398 e. The van der Waals surface area contributed by atoms with Crippen LogP contribution in [-0.4, -0.2) is 0 Å². The fourth-order valence-corrected chi connectivity index (χ4v) is 2.07. The lowest BCUT2D eigenvalue weighted by atomic mass is 10.1. The van der Waals surface area contributed by atoms with E-state index in [0.29, 0.717) is 0 Å². The van der Waals surface area contributed by atoms with E-state index in [9.17, 15) is 0 Å². The maximum atomic E-state index is 6.00. The summed E-state index contributed by atoms with van der Waals surface area (Å²) in [5, 5.41) is 3.43. The third-order valence-electron chi connectivity index (χ3n) is 3.37. The maximum absolute atomic E-state index is 6.00. The quantitative estimate of drug-likeness (QED) is 0.770. The lowest BCUT2D eigenvalue weighted by molar-refractivity contribution is 1.33. The van der Waals surface area contributed by atoms with Gasteiger partial charge in [-0.1, -0.05) is 17.7 Å². The highest BCUT2D eigenvalue weighted by atomic mass is 14.9. The zero-order chi connectivity index (χ0) is 13.3. The van der Waals surface area contributed by atoms with Crippen molar-refractivity contribution in [3.05, 3.63) is 52.6 Å². The van der Waals surface area contributed by atoms with Gasteiger partial charge in [0.2, 0.25) is 0 Å². The Morgan fingerprint density at radius 2 is 1.61 bits per heavy atom. The van der Waals surface area contributed by atoms with E-state index >= 15 is 0 Å². The van der Waals surface area contributed by atoms with Gasteiger partial charge in [-0.25, -0.2) is 0 Å². The van der Waals surface area contributed by atoms with Crippen LogP contribution >= 0.6 is 0 Å². The summed E-state index contributed by atoms with van der Waals surface area (Å²) in [6.45, 7) is 8.34. The SMILES string of the molecule is Cc1ccc(Nc2cc(C)c(C)c(N)c2)c(C)c1. The first-order valence-corrected chi connectivity index (χ1v) is 6.18. The molecule has 0 aliphatic heterocycles. The average Bonchev–Trinajstić information content (AvgIpc) is 2.29. The van der Waals surface area contributed by atoms with E-state index in [-0.39, 0.29) is 0 Å². The molecule has 0 radical (unpaired) electrons. The Morgan fingerprint density at radius 3 is 2.22 bits per heavy atom. The number of nitrogens with two attached hydrogens (primary N) is 1. The molecule has 0 aromatic heterocycles. The van der Waals surface area contributed by atoms with Gasteiger partial charge in [0, 0.05) is 17.1 Å². The Balaban J connectivity index is 2.34. The van der Waals surface area contributed by atoms with Gasteiger partial charge in [-0.05, 0) is 62.6 Å². The van der Waals surface area contributed by atoms with Crippen molar-refractivity contribution in [3.63, 3.8) is 0 Å². The van der Waals surface area contributed by atoms with Crippen LogP contribution < -0.4 is 11.1 Å². The van der Waals surface area contributed by atoms with Crippen LogP contribution in [0.1, 0.15) is 22.3 Å². The number of benzene rings is 2. The number of hydrogen-bond donors (Lipinski definition) is 2. The predicted molar refractivity (Wildman–Crippen MR) is 79.5 cm³/mol. The van der Waals surface area contributed by atoms with Crippen molar-refractivity contribution >= 4 is 17.1 Å². The highest BCUT2D eigenvalue weighted by molar-refractivity contribution is 5.69. The number of rotatable bonds is 2. The summed E-state index contributed by atoms with van der Waals surface area (Å²) in [6, 6.07) is 10.5. The van der Waals surface area contributed by atoms with E-state index < -0.39 is 0 Å². The topological polar surface area (TPSA) is 38.0 Å².